The lowest BCUT2D eigenvalue weighted by Gasteiger charge is -2.43. The van der Waals surface area contributed by atoms with Crippen LogP contribution in [0.4, 0.5) is 0 Å². The lowest BCUT2D eigenvalue weighted by Crippen LogP contribution is -2.44. The second-order valence-electron chi connectivity index (χ2n) is 4.23. The van der Waals surface area contributed by atoms with Gasteiger partial charge in [0.25, 0.3) is 0 Å². The molecule has 3 nitrogen and oxygen atoms in total. The molecule has 90 valence electrons. The van der Waals surface area contributed by atoms with Gasteiger partial charge in [-0.25, -0.2) is 0 Å². The smallest absolute Gasteiger partial charge is 0.167 e. The van der Waals surface area contributed by atoms with Crippen molar-refractivity contribution in [1.82, 2.24) is 0 Å². The maximum atomic E-state index is 9.49. The minimum absolute atomic E-state index is 0.0758. The third kappa shape index (κ3) is 3.21. The molecule has 1 saturated carbocycles. The first-order chi connectivity index (χ1) is 7.16. The molecular weight excluding hydrogens is 327 g/mol. The summed E-state index contributed by atoms with van der Waals surface area (Å²) < 4.78 is 10.9. The molecule has 0 saturated heterocycles. The number of hydrogen-bond acceptors (Lipinski definition) is 4. The molecule has 1 aliphatic rings. The zero-order valence-corrected chi connectivity index (χ0v) is 12.3. The molecule has 0 aliphatic heterocycles. The van der Waals surface area contributed by atoms with Crippen LogP contribution in [0.2, 0.25) is 0 Å². The van der Waals surface area contributed by atoms with Crippen molar-refractivity contribution in [2.45, 2.75) is 31.5 Å². The SMILES string of the molecule is COC1(OC)CCC(CO)(CSI)CC1. The lowest BCUT2D eigenvalue weighted by molar-refractivity contribution is -0.234. The maximum absolute atomic E-state index is 9.49. The summed E-state index contributed by atoms with van der Waals surface area (Å²) in [6.07, 6.45) is 3.69. The summed E-state index contributed by atoms with van der Waals surface area (Å²) in [5.41, 5.74) is 0.0758. The fourth-order valence-electron chi connectivity index (χ4n) is 2.12. The molecule has 0 aromatic rings. The van der Waals surface area contributed by atoms with Gasteiger partial charge in [0.05, 0.1) is 0 Å². The van der Waals surface area contributed by atoms with Crippen LogP contribution in [0, 0.1) is 5.41 Å². The fraction of sp³-hybridized carbons (Fsp3) is 1.00. The fourth-order valence-corrected chi connectivity index (χ4v) is 4.71. The highest BCUT2D eigenvalue weighted by Crippen LogP contribution is 2.45. The van der Waals surface area contributed by atoms with Crippen molar-refractivity contribution in [2.75, 3.05) is 26.6 Å². The van der Waals surface area contributed by atoms with Crippen LogP contribution in [0.3, 0.4) is 0 Å². The average molecular weight is 346 g/mol. The van der Waals surface area contributed by atoms with Gasteiger partial charge in [-0.3, -0.25) is 0 Å². The minimum Gasteiger partial charge on any atom is -0.396 e. The van der Waals surface area contributed by atoms with Gasteiger partial charge in [-0.1, -0.05) is 8.93 Å². The summed E-state index contributed by atoms with van der Waals surface area (Å²) in [5.74, 6) is 0.599. The maximum Gasteiger partial charge on any atom is 0.167 e. The molecule has 15 heavy (non-hydrogen) atoms. The van der Waals surface area contributed by atoms with Gasteiger partial charge in [-0.2, -0.15) is 0 Å². The van der Waals surface area contributed by atoms with Crippen LogP contribution >= 0.6 is 30.1 Å². The van der Waals surface area contributed by atoms with E-state index in [9.17, 15) is 5.11 Å². The summed E-state index contributed by atoms with van der Waals surface area (Å²) >= 11 is 2.29. The first-order valence-corrected chi connectivity index (χ1v) is 8.63. The van der Waals surface area contributed by atoms with E-state index in [2.05, 4.69) is 21.2 Å². The van der Waals surface area contributed by atoms with Crippen molar-refractivity contribution in [3.8, 4) is 0 Å². The molecule has 0 bridgehead atoms. The van der Waals surface area contributed by atoms with Gasteiger partial charge in [0, 0.05) is 44.8 Å². The molecular formula is C10H19IO3S. The molecule has 0 unspecified atom stereocenters. The number of rotatable bonds is 5. The Labute approximate surface area is 108 Å². The minimum atomic E-state index is -0.408. The van der Waals surface area contributed by atoms with Crippen LogP contribution in [-0.4, -0.2) is 37.5 Å². The van der Waals surface area contributed by atoms with E-state index >= 15 is 0 Å². The second kappa shape index (κ2) is 6.05. The zero-order valence-electron chi connectivity index (χ0n) is 9.29. The zero-order chi connectivity index (χ0) is 11.4. The van der Waals surface area contributed by atoms with Crippen molar-refractivity contribution in [3.63, 3.8) is 0 Å². The number of ether oxygens (including phenoxy) is 2. The van der Waals surface area contributed by atoms with Crippen LogP contribution in [0.5, 0.6) is 0 Å². The summed E-state index contributed by atoms with van der Waals surface area (Å²) in [7, 11) is 5.17. The van der Waals surface area contributed by atoms with Crippen molar-refractivity contribution in [2.24, 2.45) is 5.41 Å². The highest BCUT2D eigenvalue weighted by Gasteiger charge is 2.42. The average Bonchev–Trinajstić information content (AvgIpc) is 2.31. The Morgan fingerprint density at radius 2 is 1.73 bits per heavy atom. The van der Waals surface area contributed by atoms with Gasteiger partial charge in [-0.05, 0) is 34.0 Å². The summed E-state index contributed by atoms with van der Waals surface area (Å²) in [5, 5.41) is 9.49. The van der Waals surface area contributed by atoms with E-state index in [-0.39, 0.29) is 12.0 Å². The molecule has 1 N–H and O–H groups in total. The first kappa shape index (κ1) is 14.0. The van der Waals surface area contributed by atoms with Gasteiger partial charge in [0.1, 0.15) is 0 Å². The van der Waals surface area contributed by atoms with Crippen molar-refractivity contribution in [1.29, 1.82) is 0 Å². The lowest BCUT2D eigenvalue weighted by atomic mass is 9.73. The molecule has 5 heteroatoms. The molecule has 0 aromatic heterocycles. The van der Waals surface area contributed by atoms with E-state index < -0.39 is 5.79 Å². The Hall–Kier alpha value is 0.960. The normalized spacial score (nSPS) is 24.0. The predicted octanol–water partition coefficient (Wildman–Crippen LogP) is 2.61. The summed E-state index contributed by atoms with van der Waals surface area (Å²) in [6.45, 7) is 0.270. The van der Waals surface area contributed by atoms with Gasteiger partial charge in [-0.15, -0.1) is 0 Å². The third-order valence-electron chi connectivity index (χ3n) is 3.51. The Kier molecular flexibility index (Phi) is 5.65. The largest absolute Gasteiger partial charge is 0.396 e. The molecule has 0 atom stereocenters. The van der Waals surface area contributed by atoms with Crippen LogP contribution in [0.15, 0.2) is 0 Å². The van der Waals surface area contributed by atoms with Crippen LogP contribution in [0.1, 0.15) is 25.7 Å². The van der Waals surface area contributed by atoms with Gasteiger partial charge >= 0.3 is 0 Å². The monoisotopic (exact) mass is 346 g/mol. The van der Waals surface area contributed by atoms with Gasteiger partial charge in [0.15, 0.2) is 5.79 Å². The molecule has 0 heterocycles. The number of methoxy groups -OCH3 is 2. The molecule has 1 fully saturated rings. The Bertz CT molecular complexity index is 187. The van der Waals surface area contributed by atoms with Crippen LogP contribution in [0.25, 0.3) is 0 Å². The van der Waals surface area contributed by atoms with Gasteiger partial charge < -0.3 is 14.6 Å². The van der Waals surface area contributed by atoms with E-state index in [1.54, 1.807) is 23.2 Å². The van der Waals surface area contributed by atoms with Crippen molar-refractivity contribution >= 4 is 30.1 Å². The standard InChI is InChI=1S/C10H19IO3S/c1-13-10(14-2)5-3-9(7-12,4-6-10)8-15-11/h12H,3-8H2,1-2H3. The summed E-state index contributed by atoms with van der Waals surface area (Å²) in [6, 6.07) is 0. The van der Waals surface area contributed by atoms with E-state index in [1.165, 1.54) is 0 Å². The molecule has 1 aliphatic carbocycles. The van der Waals surface area contributed by atoms with E-state index in [0.29, 0.717) is 0 Å². The topological polar surface area (TPSA) is 38.7 Å². The van der Waals surface area contributed by atoms with Gasteiger partial charge in [0.2, 0.25) is 0 Å². The second-order valence-corrected chi connectivity index (χ2v) is 6.61. The van der Waals surface area contributed by atoms with Crippen molar-refractivity contribution in [3.05, 3.63) is 0 Å². The molecule has 0 spiro atoms. The van der Waals surface area contributed by atoms with Crippen LogP contribution in [-0.2, 0) is 9.47 Å². The number of aliphatic hydroxyl groups excluding tert-OH is 1. The quantitative estimate of drug-likeness (QED) is 0.614. The highest BCUT2D eigenvalue weighted by molar-refractivity contribution is 14.2. The number of hydrogen-bond donors (Lipinski definition) is 1. The third-order valence-corrected chi connectivity index (χ3v) is 5.17. The Morgan fingerprint density at radius 3 is 2.07 bits per heavy atom. The van der Waals surface area contributed by atoms with Crippen LogP contribution < -0.4 is 0 Å². The van der Waals surface area contributed by atoms with Crippen molar-refractivity contribution < 1.29 is 14.6 Å². The van der Waals surface area contributed by atoms with E-state index in [1.807, 2.05) is 0 Å². The summed E-state index contributed by atoms with van der Waals surface area (Å²) in [4.78, 5) is 0. The molecule has 0 radical (unpaired) electrons. The van der Waals surface area contributed by atoms with E-state index in [4.69, 9.17) is 9.47 Å². The first-order valence-electron chi connectivity index (χ1n) is 5.11. The molecule has 1 rings (SSSR count). The Balaban J connectivity index is 2.59. The number of aliphatic hydroxyl groups is 1. The highest BCUT2D eigenvalue weighted by atomic mass is 127. The predicted molar refractivity (Wildman–Crippen MR) is 71.2 cm³/mol. The number of halogens is 1. The Morgan fingerprint density at radius 1 is 1.20 bits per heavy atom. The molecule has 0 aromatic carbocycles. The van der Waals surface area contributed by atoms with E-state index in [0.717, 1.165) is 31.4 Å². The molecule has 0 amide bonds.